The molecule has 1 aliphatic rings. The number of methoxy groups -OCH3 is 1. The number of para-hydroxylation sites is 1. The van der Waals surface area contributed by atoms with Crippen molar-refractivity contribution < 1.29 is 18.8 Å². The Bertz CT molecular complexity index is 712. The largest absolute Gasteiger partial charge is 0.496 e. The summed E-state index contributed by atoms with van der Waals surface area (Å²) in [6, 6.07) is 6.90. The maximum atomic E-state index is 12.5. The number of ether oxygens (including phenoxy) is 2. The highest BCUT2D eigenvalue weighted by Crippen LogP contribution is 2.28. The molecule has 1 amide bonds. The highest BCUT2D eigenvalue weighted by Gasteiger charge is 2.26. The molecule has 0 aliphatic carbocycles. The molecule has 1 aromatic carbocycles. The number of rotatable bonds is 6. The van der Waals surface area contributed by atoms with Gasteiger partial charge in [0, 0.05) is 31.5 Å². The quantitative estimate of drug-likeness (QED) is 0.804. The van der Waals surface area contributed by atoms with E-state index in [-0.39, 0.29) is 11.9 Å². The molecule has 2 unspecified atom stereocenters. The molecule has 1 saturated heterocycles. The van der Waals surface area contributed by atoms with Gasteiger partial charge in [-0.2, -0.15) is 4.98 Å². The molecule has 134 valence electrons. The average Bonchev–Trinajstić information content (AvgIpc) is 3.06. The monoisotopic (exact) mass is 346 g/mol. The van der Waals surface area contributed by atoms with E-state index < -0.39 is 6.04 Å². The highest BCUT2D eigenvalue weighted by atomic mass is 16.5. The van der Waals surface area contributed by atoms with Crippen LogP contribution in [0, 0.1) is 6.92 Å². The smallest absolute Gasteiger partial charge is 0.223 e. The van der Waals surface area contributed by atoms with Crippen LogP contribution in [-0.4, -0.2) is 49.0 Å². The van der Waals surface area contributed by atoms with Crippen LogP contribution < -0.4 is 15.4 Å². The van der Waals surface area contributed by atoms with Crippen LogP contribution in [-0.2, 0) is 9.53 Å². The van der Waals surface area contributed by atoms with Gasteiger partial charge in [0.1, 0.15) is 11.8 Å². The fourth-order valence-electron chi connectivity index (χ4n) is 2.81. The lowest BCUT2D eigenvalue weighted by Crippen LogP contribution is -2.44. The SMILES string of the molecule is COc1ccccc1C(NC(=O)CC1COCCN1)c1noc(C)n1. The van der Waals surface area contributed by atoms with Gasteiger partial charge in [0.05, 0.1) is 20.3 Å². The number of benzene rings is 1. The maximum absolute atomic E-state index is 12.5. The molecule has 0 bridgehead atoms. The highest BCUT2D eigenvalue weighted by molar-refractivity contribution is 5.77. The van der Waals surface area contributed by atoms with Crippen LogP contribution in [0.2, 0.25) is 0 Å². The number of morpholine rings is 1. The number of amides is 1. The molecule has 0 saturated carbocycles. The summed E-state index contributed by atoms with van der Waals surface area (Å²) < 4.78 is 15.9. The minimum Gasteiger partial charge on any atom is -0.496 e. The molecule has 2 N–H and O–H groups in total. The molecule has 1 aliphatic heterocycles. The van der Waals surface area contributed by atoms with Gasteiger partial charge in [-0.1, -0.05) is 23.4 Å². The third-order valence-corrected chi connectivity index (χ3v) is 3.99. The normalized spacial score (nSPS) is 18.6. The van der Waals surface area contributed by atoms with Crippen LogP contribution in [0.15, 0.2) is 28.8 Å². The summed E-state index contributed by atoms with van der Waals surface area (Å²) in [5, 5.41) is 10.2. The summed E-state index contributed by atoms with van der Waals surface area (Å²) in [5.74, 6) is 1.35. The van der Waals surface area contributed by atoms with Crippen LogP contribution in [0.25, 0.3) is 0 Å². The maximum Gasteiger partial charge on any atom is 0.223 e. The fourth-order valence-corrected chi connectivity index (χ4v) is 2.81. The van der Waals surface area contributed by atoms with Gasteiger partial charge >= 0.3 is 0 Å². The number of hydrogen-bond acceptors (Lipinski definition) is 7. The Morgan fingerprint density at radius 2 is 2.32 bits per heavy atom. The lowest BCUT2D eigenvalue weighted by Gasteiger charge is -2.24. The predicted octanol–water partition coefficient (Wildman–Crippen LogP) is 0.971. The van der Waals surface area contributed by atoms with Crippen molar-refractivity contribution in [3.8, 4) is 5.75 Å². The topological polar surface area (TPSA) is 98.5 Å². The summed E-state index contributed by atoms with van der Waals surface area (Å²) >= 11 is 0. The van der Waals surface area contributed by atoms with Crippen molar-refractivity contribution in [2.24, 2.45) is 0 Å². The molecular weight excluding hydrogens is 324 g/mol. The van der Waals surface area contributed by atoms with E-state index in [2.05, 4.69) is 20.8 Å². The van der Waals surface area contributed by atoms with Crippen molar-refractivity contribution in [2.75, 3.05) is 26.9 Å². The number of carbonyl (C=O) groups excluding carboxylic acids is 1. The standard InChI is InChI=1S/C17H22N4O4/c1-11-19-17(21-25-11)16(13-5-3-4-6-14(13)23-2)20-15(22)9-12-10-24-8-7-18-12/h3-6,12,16,18H,7-10H2,1-2H3,(H,20,22). The van der Waals surface area contributed by atoms with E-state index in [9.17, 15) is 4.79 Å². The van der Waals surface area contributed by atoms with E-state index in [0.29, 0.717) is 37.1 Å². The molecule has 1 aromatic heterocycles. The Hall–Kier alpha value is -2.45. The first-order valence-electron chi connectivity index (χ1n) is 8.21. The molecule has 1 fully saturated rings. The molecular formula is C17H22N4O4. The number of hydrogen-bond donors (Lipinski definition) is 2. The number of carbonyl (C=O) groups is 1. The van der Waals surface area contributed by atoms with Crippen molar-refractivity contribution in [3.05, 3.63) is 41.5 Å². The Morgan fingerprint density at radius 1 is 1.48 bits per heavy atom. The van der Waals surface area contributed by atoms with Gasteiger partial charge in [0.25, 0.3) is 0 Å². The molecule has 8 nitrogen and oxygen atoms in total. The fraction of sp³-hybridized carbons (Fsp3) is 0.471. The lowest BCUT2D eigenvalue weighted by atomic mass is 10.0. The van der Waals surface area contributed by atoms with Crippen LogP contribution >= 0.6 is 0 Å². The minimum absolute atomic E-state index is 0.000858. The van der Waals surface area contributed by atoms with Gasteiger partial charge in [0.15, 0.2) is 5.82 Å². The van der Waals surface area contributed by atoms with E-state index in [0.717, 1.165) is 12.1 Å². The Kier molecular flexibility index (Phi) is 5.62. The van der Waals surface area contributed by atoms with Gasteiger partial charge in [0.2, 0.25) is 11.8 Å². The minimum atomic E-state index is -0.550. The second-order valence-corrected chi connectivity index (χ2v) is 5.84. The zero-order chi connectivity index (χ0) is 17.6. The Balaban J connectivity index is 1.80. The summed E-state index contributed by atoms with van der Waals surface area (Å²) in [6.07, 6.45) is 0.308. The van der Waals surface area contributed by atoms with Crippen LogP contribution in [0.5, 0.6) is 5.75 Å². The zero-order valence-corrected chi connectivity index (χ0v) is 14.3. The van der Waals surface area contributed by atoms with E-state index in [1.54, 1.807) is 14.0 Å². The van der Waals surface area contributed by atoms with Gasteiger partial charge in [-0.05, 0) is 6.07 Å². The first kappa shape index (κ1) is 17.4. The number of nitrogens with one attached hydrogen (secondary N) is 2. The summed E-state index contributed by atoms with van der Waals surface area (Å²) in [6.45, 7) is 3.65. The van der Waals surface area contributed by atoms with Crippen molar-refractivity contribution in [2.45, 2.75) is 25.4 Å². The van der Waals surface area contributed by atoms with E-state index in [1.807, 2.05) is 24.3 Å². The average molecular weight is 346 g/mol. The number of aryl methyl sites for hydroxylation is 1. The molecule has 2 heterocycles. The molecule has 2 atom stereocenters. The molecule has 0 radical (unpaired) electrons. The summed E-state index contributed by atoms with van der Waals surface area (Å²) in [7, 11) is 1.59. The summed E-state index contributed by atoms with van der Waals surface area (Å²) in [4.78, 5) is 16.8. The van der Waals surface area contributed by atoms with Gasteiger partial charge in [-0.15, -0.1) is 0 Å². The van der Waals surface area contributed by atoms with Gasteiger partial charge < -0.3 is 24.6 Å². The van der Waals surface area contributed by atoms with Crippen molar-refractivity contribution in [1.82, 2.24) is 20.8 Å². The molecule has 0 spiro atoms. The van der Waals surface area contributed by atoms with Crippen molar-refractivity contribution in [1.29, 1.82) is 0 Å². The third kappa shape index (κ3) is 4.34. The lowest BCUT2D eigenvalue weighted by molar-refractivity contribution is -0.122. The van der Waals surface area contributed by atoms with Gasteiger partial charge in [-0.3, -0.25) is 4.79 Å². The molecule has 2 aromatic rings. The summed E-state index contributed by atoms with van der Waals surface area (Å²) in [5.41, 5.74) is 0.770. The first-order valence-corrected chi connectivity index (χ1v) is 8.21. The molecule has 25 heavy (non-hydrogen) atoms. The van der Waals surface area contributed by atoms with Gasteiger partial charge in [-0.25, -0.2) is 0 Å². The second kappa shape index (κ2) is 8.09. The zero-order valence-electron chi connectivity index (χ0n) is 14.3. The van der Waals surface area contributed by atoms with Crippen LogP contribution in [0.3, 0.4) is 0 Å². The van der Waals surface area contributed by atoms with Crippen LogP contribution in [0.1, 0.15) is 29.7 Å². The Morgan fingerprint density at radius 3 is 3.00 bits per heavy atom. The van der Waals surface area contributed by atoms with Crippen molar-refractivity contribution in [3.63, 3.8) is 0 Å². The molecule has 8 heteroatoms. The van der Waals surface area contributed by atoms with Crippen molar-refractivity contribution >= 4 is 5.91 Å². The second-order valence-electron chi connectivity index (χ2n) is 5.84. The molecule has 3 rings (SSSR count). The number of nitrogens with zero attached hydrogens (tertiary/aromatic N) is 2. The Labute approximate surface area is 145 Å². The number of aromatic nitrogens is 2. The third-order valence-electron chi connectivity index (χ3n) is 3.99. The van der Waals surface area contributed by atoms with Crippen LogP contribution in [0.4, 0.5) is 0 Å². The van der Waals surface area contributed by atoms with E-state index >= 15 is 0 Å². The first-order chi connectivity index (χ1) is 12.2. The predicted molar refractivity (Wildman–Crippen MR) is 89.2 cm³/mol. The van der Waals surface area contributed by atoms with E-state index in [1.165, 1.54) is 0 Å². The van der Waals surface area contributed by atoms with E-state index in [4.69, 9.17) is 14.0 Å².